The normalized spacial score (nSPS) is 26.8. The van der Waals surface area contributed by atoms with E-state index in [-0.39, 0.29) is 5.60 Å². The van der Waals surface area contributed by atoms with Gasteiger partial charge in [-0.15, -0.1) is 0 Å². The molecule has 1 heterocycles. The molecule has 0 aromatic rings. The summed E-state index contributed by atoms with van der Waals surface area (Å²) in [5, 5.41) is 3.58. The minimum absolute atomic E-state index is 0.0252. The van der Waals surface area contributed by atoms with Gasteiger partial charge < -0.3 is 10.1 Å². The molecule has 0 aromatic carbocycles. The predicted octanol–water partition coefficient (Wildman–Crippen LogP) is 2.51. The highest BCUT2D eigenvalue weighted by atomic mass is 16.5. The molecule has 3 heteroatoms. The Balaban J connectivity index is 2.66. The van der Waals surface area contributed by atoms with E-state index in [4.69, 9.17) is 4.74 Å². The van der Waals surface area contributed by atoms with Crippen LogP contribution >= 0.6 is 0 Å². The summed E-state index contributed by atoms with van der Waals surface area (Å²) in [6.45, 7) is 18.8. The molecule has 18 heavy (non-hydrogen) atoms. The summed E-state index contributed by atoms with van der Waals surface area (Å²) in [5.74, 6) is 0.664. The van der Waals surface area contributed by atoms with E-state index in [2.05, 4.69) is 58.7 Å². The van der Waals surface area contributed by atoms with Crippen molar-refractivity contribution >= 4 is 0 Å². The van der Waals surface area contributed by atoms with E-state index in [0.717, 1.165) is 19.6 Å². The van der Waals surface area contributed by atoms with E-state index in [1.54, 1.807) is 0 Å². The maximum atomic E-state index is 6.00. The fraction of sp³-hybridized carbons (Fsp3) is 1.00. The third-order valence-corrected chi connectivity index (χ3v) is 3.57. The van der Waals surface area contributed by atoms with Crippen molar-refractivity contribution in [3.8, 4) is 0 Å². The molecule has 1 saturated heterocycles. The molecule has 2 atom stereocenters. The SMILES string of the molecule is CC(C)NCC(C(C)C)N1CC(C)OC(C)(C)C1. The van der Waals surface area contributed by atoms with Crippen LogP contribution < -0.4 is 5.32 Å². The molecule has 0 aromatic heterocycles. The van der Waals surface area contributed by atoms with Gasteiger partial charge in [-0.1, -0.05) is 27.7 Å². The monoisotopic (exact) mass is 256 g/mol. The smallest absolute Gasteiger partial charge is 0.0757 e. The number of morpholine rings is 1. The summed E-state index contributed by atoms with van der Waals surface area (Å²) in [6.07, 6.45) is 0.328. The van der Waals surface area contributed by atoms with Gasteiger partial charge in [0.2, 0.25) is 0 Å². The average molecular weight is 256 g/mol. The van der Waals surface area contributed by atoms with Gasteiger partial charge in [-0.2, -0.15) is 0 Å². The third-order valence-electron chi connectivity index (χ3n) is 3.57. The first-order chi connectivity index (χ1) is 8.21. The molecule has 0 amide bonds. The Kier molecular flexibility index (Phi) is 5.63. The van der Waals surface area contributed by atoms with Gasteiger partial charge in [-0.25, -0.2) is 0 Å². The molecule has 0 spiro atoms. The van der Waals surface area contributed by atoms with Crippen LogP contribution in [0.15, 0.2) is 0 Å². The summed E-state index contributed by atoms with van der Waals surface area (Å²) < 4.78 is 6.00. The predicted molar refractivity (Wildman–Crippen MR) is 78.0 cm³/mol. The van der Waals surface area contributed by atoms with Crippen LogP contribution in [0.3, 0.4) is 0 Å². The second-order valence-electron chi connectivity index (χ2n) is 6.99. The summed E-state index contributed by atoms with van der Waals surface area (Å²) in [6, 6.07) is 1.15. The van der Waals surface area contributed by atoms with E-state index >= 15 is 0 Å². The standard InChI is InChI=1S/C15H32N2O/c1-11(2)14(8-16-12(3)4)17-9-13(5)18-15(6,7)10-17/h11-14,16H,8-10H2,1-7H3. The van der Waals surface area contributed by atoms with Crippen LogP contribution in [0.2, 0.25) is 0 Å². The van der Waals surface area contributed by atoms with E-state index in [1.807, 2.05) is 0 Å². The van der Waals surface area contributed by atoms with Crippen LogP contribution in [0, 0.1) is 5.92 Å². The van der Waals surface area contributed by atoms with Gasteiger partial charge in [0.05, 0.1) is 11.7 Å². The van der Waals surface area contributed by atoms with Gasteiger partial charge in [0.25, 0.3) is 0 Å². The zero-order chi connectivity index (χ0) is 13.9. The Hall–Kier alpha value is -0.120. The van der Waals surface area contributed by atoms with E-state index in [9.17, 15) is 0 Å². The molecule has 1 aliphatic rings. The number of nitrogens with zero attached hydrogens (tertiary/aromatic N) is 1. The van der Waals surface area contributed by atoms with Crippen molar-refractivity contribution in [1.29, 1.82) is 0 Å². The van der Waals surface area contributed by atoms with Gasteiger partial charge in [-0.3, -0.25) is 4.90 Å². The molecule has 2 unspecified atom stereocenters. The second kappa shape index (κ2) is 6.36. The van der Waals surface area contributed by atoms with Gasteiger partial charge in [0.1, 0.15) is 0 Å². The van der Waals surface area contributed by atoms with Crippen molar-refractivity contribution in [2.24, 2.45) is 5.92 Å². The van der Waals surface area contributed by atoms with Crippen LogP contribution in [-0.4, -0.2) is 48.3 Å². The quantitative estimate of drug-likeness (QED) is 0.818. The largest absolute Gasteiger partial charge is 0.370 e. The molecule has 1 N–H and O–H groups in total. The van der Waals surface area contributed by atoms with E-state index in [0.29, 0.717) is 24.1 Å². The fourth-order valence-corrected chi connectivity index (χ4v) is 2.90. The first kappa shape index (κ1) is 15.9. The van der Waals surface area contributed by atoms with E-state index < -0.39 is 0 Å². The number of hydrogen-bond donors (Lipinski definition) is 1. The Labute approximate surface area is 113 Å². The summed E-state index contributed by atoms with van der Waals surface area (Å²) in [4.78, 5) is 2.61. The maximum Gasteiger partial charge on any atom is 0.0757 e. The van der Waals surface area contributed by atoms with Gasteiger partial charge >= 0.3 is 0 Å². The number of rotatable bonds is 5. The Morgan fingerprint density at radius 1 is 1.28 bits per heavy atom. The van der Waals surface area contributed by atoms with Crippen LogP contribution in [0.5, 0.6) is 0 Å². The van der Waals surface area contributed by atoms with Crippen molar-refractivity contribution in [1.82, 2.24) is 10.2 Å². The van der Waals surface area contributed by atoms with Gasteiger partial charge in [0, 0.05) is 31.7 Å². The third kappa shape index (κ3) is 4.87. The molecular formula is C15H32N2O. The van der Waals surface area contributed by atoms with Crippen LogP contribution in [0.1, 0.15) is 48.5 Å². The number of hydrogen-bond acceptors (Lipinski definition) is 3. The van der Waals surface area contributed by atoms with Gasteiger partial charge in [0.15, 0.2) is 0 Å². The molecule has 0 aliphatic carbocycles. The molecule has 0 saturated carbocycles. The van der Waals surface area contributed by atoms with Crippen molar-refractivity contribution in [2.75, 3.05) is 19.6 Å². The lowest BCUT2D eigenvalue weighted by molar-refractivity contribution is -0.141. The highest BCUT2D eigenvalue weighted by Crippen LogP contribution is 2.24. The molecule has 108 valence electrons. The van der Waals surface area contributed by atoms with Gasteiger partial charge in [-0.05, 0) is 26.7 Å². The van der Waals surface area contributed by atoms with Crippen LogP contribution in [0.25, 0.3) is 0 Å². The molecule has 0 radical (unpaired) electrons. The molecule has 1 fully saturated rings. The molecular weight excluding hydrogens is 224 g/mol. The minimum Gasteiger partial charge on any atom is -0.370 e. The molecule has 3 nitrogen and oxygen atoms in total. The average Bonchev–Trinajstić information content (AvgIpc) is 2.12. The first-order valence-electron chi connectivity index (χ1n) is 7.36. The maximum absolute atomic E-state index is 6.00. The summed E-state index contributed by atoms with van der Waals surface area (Å²) in [5.41, 5.74) is -0.0252. The molecule has 0 bridgehead atoms. The van der Waals surface area contributed by atoms with E-state index in [1.165, 1.54) is 0 Å². The van der Waals surface area contributed by atoms with Crippen molar-refractivity contribution in [3.63, 3.8) is 0 Å². The topological polar surface area (TPSA) is 24.5 Å². The molecule has 1 aliphatic heterocycles. The number of nitrogens with one attached hydrogen (secondary N) is 1. The van der Waals surface area contributed by atoms with Crippen molar-refractivity contribution in [3.05, 3.63) is 0 Å². The zero-order valence-corrected chi connectivity index (χ0v) is 13.3. The number of ether oxygens (including phenoxy) is 1. The Morgan fingerprint density at radius 3 is 2.33 bits per heavy atom. The summed E-state index contributed by atoms with van der Waals surface area (Å²) >= 11 is 0. The van der Waals surface area contributed by atoms with Crippen LogP contribution in [-0.2, 0) is 4.74 Å². The summed E-state index contributed by atoms with van der Waals surface area (Å²) in [7, 11) is 0. The Bertz CT molecular complexity index is 251. The highest BCUT2D eigenvalue weighted by molar-refractivity contribution is 4.88. The lowest BCUT2D eigenvalue weighted by Crippen LogP contribution is -2.58. The van der Waals surface area contributed by atoms with Crippen molar-refractivity contribution in [2.45, 2.75) is 72.3 Å². The second-order valence-corrected chi connectivity index (χ2v) is 6.99. The molecule has 1 rings (SSSR count). The zero-order valence-electron chi connectivity index (χ0n) is 13.3. The van der Waals surface area contributed by atoms with Crippen LogP contribution in [0.4, 0.5) is 0 Å². The van der Waals surface area contributed by atoms with Crippen molar-refractivity contribution < 1.29 is 4.74 Å². The highest BCUT2D eigenvalue weighted by Gasteiger charge is 2.35. The lowest BCUT2D eigenvalue weighted by atomic mass is 9.97. The lowest BCUT2D eigenvalue weighted by Gasteiger charge is -2.46. The first-order valence-corrected chi connectivity index (χ1v) is 7.36. The fourth-order valence-electron chi connectivity index (χ4n) is 2.90. The minimum atomic E-state index is -0.0252. The Morgan fingerprint density at radius 2 is 1.89 bits per heavy atom.